The van der Waals surface area contributed by atoms with Crippen LogP contribution in [-0.4, -0.2) is 43.3 Å². The van der Waals surface area contributed by atoms with Gasteiger partial charge in [-0.1, -0.05) is 17.7 Å². The number of rotatable bonds is 6. The van der Waals surface area contributed by atoms with Gasteiger partial charge in [0.05, 0.1) is 12.8 Å². The molecular weight excluding hydrogens is 352 g/mol. The fraction of sp³-hybridized carbons (Fsp3) is 0.500. The van der Waals surface area contributed by atoms with E-state index >= 15 is 0 Å². The normalized spacial score (nSPS) is 19.9. The van der Waals surface area contributed by atoms with Crippen LogP contribution in [0.2, 0.25) is 0 Å². The minimum absolute atomic E-state index is 0.226. The molecule has 1 saturated heterocycles. The van der Waals surface area contributed by atoms with E-state index in [0.29, 0.717) is 11.8 Å². The Bertz CT molecular complexity index is 753. The number of aliphatic imine (C=N–C) groups is 1. The zero-order valence-electron chi connectivity index (χ0n) is 17.1. The van der Waals surface area contributed by atoms with Crippen molar-refractivity contribution in [2.24, 2.45) is 4.99 Å². The van der Waals surface area contributed by atoms with E-state index in [1.165, 1.54) is 11.3 Å². The fourth-order valence-corrected chi connectivity index (χ4v) is 3.49. The van der Waals surface area contributed by atoms with Crippen LogP contribution in [0.5, 0.6) is 0 Å². The molecule has 152 valence electrons. The Kier molecular flexibility index (Phi) is 6.62. The fourth-order valence-electron chi connectivity index (χ4n) is 3.49. The van der Waals surface area contributed by atoms with Crippen molar-refractivity contribution >= 4 is 11.6 Å². The molecule has 0 radical (unpaired) electrons. The highest BCUT2D eigenvalue weighted by Gasteiger charge is 2.27. The quantitative estimate of drug-likeness (QED) is 0.527. The van der Waals surface area contributed by atoms with E-state index in [4.69, 9.17) is 4.42 Å². The monoisotopic (exact) mass is 384 g/mol. The molecule has 6 nitrogen and oxygen atoms in total. The zero-order valence-corrected chi connectivity index (χ0v) is 17.1. The van der Waals surface area contributed by atoms with E-state index in [1.807, 2.05) is 6.92 Å². The van der Waals surface area contributed by atoms with Crippen molar-refractivity contribution in [3.8, 4) is 0 Å². The highest BCUT2D eigenvalue weighted by Crippen LogP contribution is 2.22. The number of piperidine rings is 1. The first-order chi connectivity index (χ1) is 13.5. The van der Waals surface area contributed by atoms with Crippen LogP contribution >= 0.6 is 0 Å². The third-order valence-corrected chi connectivity index (χ3v) is 5.10. The summed E-state index contributed by atoms with van der Waals surface area (Å²) in [7, 11) is 0. The predicted molar refractivity (Wildman–Crippen MR) is 114 cm³/mol. The summed E-state index contributed by atoms with van der Waals surface area (Å²) in [5.74, 6) is 1.25. The lowest BCUT2D eigenvalue weighted by atomic mass is 10.0. The standard InChI is InChI=1S/C22H32N4O2/c1-4-23-21(24-16-22(3,27)20-8-6-14-28-20)25-18-7-5-13-26(15-18)19-11-9-17(2)10-12-19/h6,8-12,14,18,27H,4-5,7,13,15-16H2,1-3H3,(H2,23,24,25). The minimum atomic E-state index is -1.13. The predicted octanol–water partition coefficient (Wildman–Crippen LogP) is 3.02. The number of benzene rings is 1. The molecule has 1 fully saturated rings. The molecule has 3 N–H and O–H groups in total. The molecule has 0 spiro atoms. The van der Waals surface area contributed by atoms with E-state index in [9.17, 15) is 5.11 Å². The SMILES string of the molecule is CCNC(=NCC(C)(O)c1ccco1)NC1CCCN(c2ccc(C)cc2)C1. The number of hydrogen-bond acceptors (Lipinski definition) is 4. The topological polar surface area (TPSA) is 73.0 Å². The molecule has 1 aliphatic rings. The summed E-state index contributed by atoms with van der Waals surface area (Å²) in [6, 6.07) is 12.6. The number of guanidine groups is 1. The van der Waals surface area contributed by atoms with Gasteiger partial charge in [-0.2, -0.15) is 0 Å². The summed E-state index contributed by atoms with van der Waals surface area (Å²) in [4.78, 5) is 7.03. The Morgan fingerprint density at radius 2 is 2.11 bits per heavy atom. The Labute approximate surface area is 167 Å². The number of aliphatic hydroxyl groups is 1. The summed E-state index contributed by atoms with van der Waals surface area (Å²) < 4.78 is 5.35. The lowest BCUT2D eigenvalue weighted by molar-refractivity contribution is 0.0436. The molecule has 1 aliphatic heterocycles. The molecule has 2 unspecified atom stereocenters. The lowest BCUT2D eigenvalue weighted by Crippen LogP contribution is -2.51. The van der Waals surface area contributed by atoms with Crippen molar-refractivity contribution < 1.29 is 9.52 Å². The third kappa shape index (κ3) is 5.29. The van der Waals surface area contributed by atoms with Crippen LogP contribution in [0.4, 0.5) is 5.69 Å². The Morgan fingerprint density at radius 3 is 2.79 bits per heavy atom. The second-order valence-electron chi connectivity index (χ2n) is 7.71. The minimum Gasteiger partial charge on any atom is -0.466 e. The molecule has 3 rings (SSSR count). The van der Waals surface area contributed by atoms with Gasteiger partial charge in [-0.3, -0.25) is 0 Å². The van der Waals surface area contributed by atoms with Gasteiger partial charge in [0, 0.05) is 31.4 Å². The third-order valence-electron chi connectivity index (χ3n) is 5.10. The van der Waals surface area contributed by atoms with Crippen LogP contribution in [0.15, 0.2) is 52.1 Å². The molecule has 0 aliphatic carbocycles. The van der Waals surface area contributed by atoms with Crippen molar-refractivity contribution in [1.82, 2.24) is 10.6 Å². The molecular formula is C22H32N4O2. The largest absolute Gasteiger partial charge is 0.466 e. The second-order valence-corrected chi connectivity index (χ2v) is 7.71. The molecule has 0 amide bonds. The van der Waals surface area contributed by atoms with Gasteiger partial charge in [-0.15, -0.1) is 0 Å². The van der Waals surface area contributed by atoms with E-state index < -0.39 is 5.60 Å². The first-order valence-electron chi connectivity index (χ1n) is 10.1. The van der Waals surface area contributed by atoms with Crippen LogP contribution in [0.1, 0.15) is 38.0 Å². The molecule has 1 aromatic carbocycles. The average molecular weight is 385 g/mol. The Balaban J connectivity index is 1.63. The highest BCUT2D eigenvalue weighted by molar-refractivity contribution is 5.80. The second kappa shape index (κ2) is 9.15. The van der Waals surface area contributed by atoms with Crippen molar-refractivity contribution in [1.29, 1.82) is 0 Å². The van der Waals surface area contributed by atoms with E-state index in [-0.39, 0.29) is 6.54 Å². The number of anilines is 1. The number of furan rings is 1. The summed E-state index contributed by atoms with van der Waals surface area (Å²) in [5.41, 5.74) is 1.41. The van der Waals surface area contributed by atoms with Gasteiger partial charge in [-0.25, -0.2) is 4.99 Å². The summed E-state index contributed by atoms with van der Waals surface area (Å²) in [6.07, 6.45) is 3.80. The van der Waals surface area contributed by atoms with E-state index in [0.717, 1.165) is 38.4 Å². The number of nitrogens with zero attached hydrogens (tertiary/aromatic N) is 2. The molecule has 1 aromatic heterocycles. The van der Waals surface area contributed by atoms with Gasteiger partial charge in [-0.05, 0) is 57.9 Å². The smallest absolute Gasteiger partial charge is 0.191 e. The highest BCUT2D eigenvalue weighted by atomic mass is 16.4. The molecule has 28 heavy (non-hydrogen) atoms. The van der Waals surface area contributed by atoms with Crippen molar-refractivity contribution in [2.75, 3.05) is 31.1 Å². The molecule has 0 saturated carbocycles. The van der Waals surface area contributed by atoms with Crippen LogP contribution in [-0.2, 0) is 5.60 Å². The maximum atomic E-state index is 10.6. The van der Waals surface area contributed by atoms with Crippen LogP contribution in [0.25, 0.3) is 0 Å². The molecule has 2 aromatic rings. The maximum Gasteiger partial charge on any atom is 0.191 e. The zero-order chi connectivity index (χ0) is 20.0. The van der Waals surface area contributed by atoms with Crippen LogP contribution in [0, 0.1) is 6.92 Å². The average Bonchev–Trinajstić information content (AvgIpc) is 3.23. The Hall–Kier alpha value is -2.47. The van der Waals surface area contributed by atoms with Crippen LogP contribution < -0.4 is 15.5 Å². The van der Waals surface area contributed by atoms with Gasteiger partial charge in [0.15, 0.2) is 5.96 Å². The first-order valence-corrected chi connectivity index (χ1v) is 10.1. The number of aryl methyl sites for hydroxylation is 1. The molecule has 0 bridgehead atoms. The maximum absolute atomic E-state index is 10.6. The first kappa shape index (κ1) is 20.3. The van der Waals surface area contributed by atoms with Gasteiger partial charge in [0.2, 0.25) is 0 Å². The van der Waals surface area contributed by atoms with Crippen molar-refractivity contribution in [3.63, 3.8) is 0 Å². The number of nitrogens with one attached hydrogen (secondary N) is 2. The van der Waals surface area contributed by atoms with Gasteiger partial charge < -0.3 is 25.1 Å². The van der Waals surface area contributed by atoms with Gasteiger partial charge >= 0.3 is 0 Å². The van der Waals surface area contributed by atoms with E-state index in [2.05, 4.69) is 51.7 Å². The van der Waals surface area contributed by atoms with Crippen LogP contribution in [0.3, 0.4) is 0 Å². The molecule has 6 heteroatoms. The summed E-state index contributed by atoms with van der Waals surface area (Å²) in [5, 5.41) is 17.5. The van der Waals surface area contributed by atoms with Crippen molar-refractivity contribution in [2.45, 2.75) is 45.3 Å². The lowest BCUT2D eigenvalue weighted by Gasteiger charge is -2.35. The molecule has 2 atom stereocenters. The number of hydrogen-bond donors (Lipinski definition) is 3. The summed E-state index contributed by atoms with van der Waals surface area (Å²) in [6.45, 7) is 8.87. The molecule has 2 heterocycles. The summed E-state index contributed by atoms with van der Waals surface area (Å²) >= 11 is 0. The van der Waals surface area contributed by atoms with E-state index in [1.54, 1.807) is 25.3 Å². The Morgan fingerprint density at radius 1 is 1.32 bits per heavy atom. The van der Waals surface area contributed by atoms with Gasteiger partial charge in [0.1, 0.15) is 11.4 Å². The van der Waals surface area contributed by atoms with Crippen molar-refractivity contribution in [3.05, 3.63) is 54.0 Å². The van der Waals surface area contributed by atoms with Gasteiger partial charge in [0.25, 0.3) is 0 Å².